The number of fused-ring (bicyclic) bond motifs is 1. The van der Waals surface area contributed by atoms with Gasteiger partial charge in [0.15, 0.2) is 0 Å². The van der Waals surface area contributed by atoms with E-state index < -0.39 is 6.10 Å². The van der Waals surface area contributed by atoms with E-state index in [1.165, 1.54) is 7.11 Å². The van der Waals surface area contributed by atoms with Crippen molar-refractivity contribution in [3.63, 3.8) is 0 Å². The Labute approximate surface area is 161 Å². The molecular formula is C20H33NO4S. The number of methoxy groups -OCH3 is 1. The molecule has 2 aliphatic rings. The highest BCUT2D eigenvalue weighted by Crippen LogP contribution is 2.43. The lowest BCUT2D eigenvalue weighted by Crippen LogP contribution is -2.19. The number of hydrogen-bond donors (Lipinski definition) is 2. The lowest BCUT2D eigenvalue weighted by Gasteiger charge is -2.17. The molecule has 1 fully saturated rings. The van der Waals surface area contributed by atoms with Crippen molar-refractivity contribution in [2.45, 2.75) is 76.5 Å². The maximum Gasteiger partial charge on any atom is 0.305 e. The van der Waals surface area contributed by atoms with Gasteiger partial charge in [-0.3, -0.25) is 9.79 Å². The number of aliphatic hydroxyl groups excluding tert-OH is 2. The number of ether oxygens (including phenoxy) is 1. The van der Waals surface area contributed by atoms with Crippen LogP contribution in [-0.2, 0) is 9.53 Å². The Bertz CT molecular complexity index is 508. The summed E-state index contributed by atoms with van der Waals surface area (Å²) in [5.74, 6) is 1.12. The van der Waals surface area contributed by atoms with Crippen LogP contribution in [0.15, 0.2) is 17.1 Å². The number of carbonyl (C=O) groups is 1. The normalized spacial score (nSPS) is 29.0. The summed E-state index contributed by atoms with van der Waals surface area (Å²) >= 11 is 1.72. The van der Waals surface area contributed by atoms with Crippen LogP contribution >= 0.6 is 11.8 Å². The van der Waals surface area contributed by atoms with E-state index in [4.69, 9.17) is 4.99 Å². The van der Waals surface area contributed by atoms with E-state index in [1.807, 2.05) is 12.2 Å². The van der Waals surface area contributed by atoms with E-state index >= 15 is 0 Å². The Morgan fingerprint density at radius 1 is 1.42 bits per heavy atom. The van der Waals surface area contributed by atoms with Gasteiger partial charge in [0.25, 0.3) is 0 Å². The minimum atomic E-state index is -0.415. The summed E-state index contributed by atoms with van der Waals surface area (Å²) in [6.07, 6.45) is 10.1. The minimum absolute atomic E-state index is 0.0812. The fraction of sp³-hybridized carbons (Fsp3) is 0.800. The Balaban J connectivity index is 1.76. The lowest BCUT2D eigenvalue weighted by molar-refractivity contribution is -0.140. The second-order valence-electron chi connectivity index (χ2n) is 7.31. The fourth-order valence-corrected chi connectivity index (χ4v) is 4.86. The third-order valence-corrected chi connectivity index (χ3v) is 6.41. The van der Waals surface area contributed by atoms with Crippen molar-refractivity contribution in [2.75, 3.05) is 12.9 Å². The van der Waals surface area contributed by atoms with Crippen molar-refractivity contribution in [3.8, 4) is 0 Å². The zero-order chi connectivity index (χ0) is 18.9. The molecule has 6 heteroatoms. The highest BCUT2D eigenvalue weighted by atomic mass is 32.2. The van der Waals surface area contributed by atoms with Crippen LogP contribution in [0.25, 0.3) is 0 Å². The number of thioether (sulfide) groups is 1. The molecule has 5 atom stereocenters. The summed E-state index contributed by atoms with van der Waals surface area (Å²) in [4.78, 5) is 15.9. The van der Waals surface area contributed by atoms with E-state index in [9.17, 15) is 15.0 Å². The second-order valence-corrected chi connectivity index (χ2v) is 8.48. The number of hydrogen-bond acceptors (Lipinski definition) is 6. The second kappa shape index (κ2) is 11.1. The van der Waals surface area contributed by atoms with Gasteiger partial charge in [0.1, 0.15) is 0 Å². The molecule has 1 aliphatic heterocycles. The van der Waals surface area contributed by atoms with Gasteiger partial charge in [-0.15, -0.1) is 11.8 Å². The number of esters is 1. The summed E-state index contributed by atoms with van der Waals surface area (Å²) in [6, 6.07) is 0.194. The Kier molecular flexibility index (Phi) is 9.16. The number of carbonyl (C=O) groups excluding carboxylic acids is 1. The molecule has 1 heterocycles. The number of unbranched alkanes of at least 4 members (excludes halogenated alkanes) is 2. The van der Waals surface area contributed by atoms with Gasteiger partial charge < -0.3 is 14.9 Å². The lowest BCUT2D eigenvalue weighted by atomic mass is 9.91. The van der Waals surface area contributed by atoms with Crippen molar-refractivity contribution in [1.29, 1.82) is 0 Å². The first-order valence-corrected chi connectivity index (χ1v) is 10.8. The Hall–Kier alpha value is -0.850. The van der Waals surface area contributed by atoms with Crippen LogP contribution in [0.2, 0.25) is 0 Å². The standard InChI is InChI=1S/C20H33NO4S/c1-3-4-5-7-14(22)9-10-15-16-12-19(21-17(16)13-18(15)23)26-11-6-8-20(24)25-2/h9-10,14-18,22-23H,3-8,11-13H2,1-2H3/b10-9+/t14-,15?,16+,17-,18+/m0/s1. The highest BCUT2D eigenvalue weighted by Gasteiger charge is 2.44. The zero-order valence-corrected chi connectivity index (χ0v) is 16.8. The molecule has 0 spiro atoms. The molecule has 0 aromatic rings. The Morgan fingerprint density at radius 2 is 2.23 bits per heavy atom. The van der Waals surface area contributed by atoms with Crippen molar-refractivity contribution in [2.24, 2.45) is 16.8 Å². The first kappa shape index (κ1) is 21.5. The molecule has 0 aromatic carbocycles. The SMILES string of the molecule is CCCCC[C@H](O)/C=C/C1[C@H](O)C[C@@H]2N=C(SCCCC(=O)OC)C[C@H]12. The fourth-order valence-electron chi connectivity index (χ4n) is 3.81. The topological polar surface area (TPSA) is 79.1 Å². The molecule has 0 aromatic heterocycles. The molecule has 0 saturated heterocycles. The van der Waals surface area contributed by atoms with Crippen LogP contribution in [0.5, 0.6) is 0 Å². The summed E-state index contributed by atoms with van der Waals surface area (Å²) in [6.45, 7) is 2.16. The Morgan fingerprint density at radius 3 is 2.96 bits per heavy atom. The molecule has 2 rings (SSSR count). The van der Waals surface area contributed by atoms with E-state index in [1.54, 1.807) is 11.8 Å². The molecular weight excluding hydrogens is 350 g/mol. The van der Waals surface area contributed by atoms with E-state index in [0.717, 1.165) is 49.3 Å². The maximum absolute atomic E-state index is 11.1. The van der Waals surface area contributed by atoms with Crippen molar-refractivity contribution in [1.82, 2.24) is 0 Å². The summed E-state index contributed by atoms with van der Waals surface area (Å²) in [7, 11) is 1.41. The van der Waals surface area contributed by atoms with Crippen molar-refractivity contribution in [3.05, 3.63) is 12.2 Å². The zero-order valence-electron chi connectivity index (χ0n) is 16.0. The van der Waals surface area contributed by atoms with Crippen LogP contribution in [0.4, 0.5) is 0 Å². The molecule has 0 amide bonds. The average molecular weight is 384 g/mol. The molecule has 1 saturated carbocycles. The largest absolute Gasteiger partial charge is 0.469 e. The average Bonchev–Trinajstić information content (AvgIpc) is 3.13. The summed E-state index contributed by atoms with van der Waals surface area (Å²) in [5, 5.41) is 21.6. The van der Waals surface area contributed by atoms with Crippen LogP contribution in [0.3, 0.4) is 0 Å². The van der Waals surface area contributed by atoms with Gasteiger partial charge in [-0.1, -0.05) is 38.3 Å². The quantitative estimate of drug-likeness (QED) is 0.344. The number of rotatable bonds is 10. The first-order chi connectivity index (χ1) is 12.5. The minimum Gasteiger partial charge on any atom is -0.469 e. The highest BCUT2D eigenvalue weighted by molar-refractivity contribution is 8.13. The number of aliphatic hydroxyl groups is 2. The van der Waals surface area contributed by atoms with Crippen molar-refractivity contribution >= 4 is 22.8 Å². The summed E-state index contributed by atoms with van der Waals surface area (Å²) in [5.41, 5.74) is 0. The predicted molar refractivity (Wildman–Crippen MR) is 106 cm³/mol. The monoisotopic (exact) mass is 383 g/mol. The van der Waals surface area contributed by atoms with E-state index in [-0.39, 0.29) is 24.0 Å². The van der Waals surface area contributed by atoms with Gasteiger partial charge in [-0.05, 0) is 30.9 Å². The summed E-state index contributed by atoms with van der Waals surface area (Å²) < 4.78 is 4.65. The molecule has 0 radical (unpaired) electrons. The van der Waals surface area contributed by atoms with Crippen molar-refractivity contribution < 1.29 is 19.7 Å². The molecule has 1 aliphatic carbocycles. The molecule has 1 unspecified atom stereocenters. The van der Waals surface area contributed by atoms with Gasteiger partial charge in [0.05, 0.1) is 30.4 Å². The third kappa shape index (κ3) is 6.39. The van der Waals surface area contributed by atoms with Gasteiger partial charge >= 0.3 is 5.97 Å². The smallest absolute Gasteiger partial charge is 0.305 e. The van der Waals surface area contributed by atoms with Crippen LogP contribution in [0.1, 0.15) is 58.3 Å². The van der Waals surface area contributed by atoms with E-state index in [0.29, 0.717) is 18.8 Å². The van der Waals surface area contributed by atoms with E-state index in [2.05, 4.69) is 11.7 Å². The van der Waals surface area contributed by atoms with Gasteiger partial charge in [0, 0.05) is 18.8 Å². The first-order valence-electron chi connectivity index (χ1n) is 9.85. The van der Waals surface area contributed by atoms with Gasteiger partial charge in [-0.2, -0.15) is 0 Å². The van der Waals surface area contributed by atoms with Gasteiger partial charge in [-0.25, -0.2) is 0 Å². The van der Waals surface area contributed by atoms with Crippen LogP contribution < -0.4 is 0 Å². The molecule has 5 nitrogen and oxygen atoms in total. The number of nitrogens with zero attached hydrogens (tertiary/aromatic N) is 1. The predicted octanol–water partition coefficient (Wildman–Crippen LogP) is 3.34. The third-order valence-electron chi connectivity index (χ3n) is 5.32. The van der Waals surface area contributed by atoms with Crippen LogP contribution in [-0.4, -0.2) is 52.3 Å². The molecule has 0 bridgehead atoms. The molecule has 2 N–H and O–H groups in total. The molecule has 148 valence electrons. The van der Waals surface area contributed by atoms with Crippen LogP contribution in [0, 0.1) is 11.8 Å². The number of aliphatic imine (C=N–C) groups is 1. The maximum atomic E-state index is 11.1. The van der Waals surface area contributed by atoms with Gasteiger partial charge in [0.2, 0.25) is 0 Å². The molecule has 26 heavy (non-hydrogen) atoms.